The smallest absolute Gasteiger partial charge is 0.304 e. The number of aromatic nitrogens is 1. The van der Waals surface area contributed by atoms with Crippen molar-refractivity contribution in [3.8, 4) is 5.75 Å². The highest BCUT2D eigenvalue weighted by Gasteiger charge is 2.31. The molecule has 11 nitrogen and oxygen atoms in total. The molecule has 11 heteroatoms. The van der Waals surface area contributed by atoms with Crippen LogP contribution in [0.25, 0.3) is 0 Å². The topological polar surface area (TPSA) is 145 Å². The quantitative estimate of drug-likeness (QED) is 0.176. The van der Waals surface area contributed by atoms with Crippen LogP contribution < -0.4 is 15.8 Å². The van der Waals surface area contributed by atoms with Gasteiger partial charge in [-0.1, -0.05) is 12.1 Å². The minimum Gasteiger partial charge on any atom is -0.494 e. The van der Waals surface area contributed by atoms with E-state index < -0.39 is 11.9 Å². The van der Waals surface area contributed by atoms with Crippen molar-refractivity contribution in [2.45, 2.75) is 45.1 Å². The van der Waals surface area contributed by atoms with Gasteiger partial charge in [0.25, 0.3) is 0 Å². The maximum absolute atomic E-state index is 13.3. The van der Waals surface area contributed by atoms with Gasteiger partial charge in [-0.05, 0) is 74.0 Å². The third-order valence-corrected chi connectivity index (χ3v) is 6.85. The zero-order valence-electron chi connectivity index (χ0n) is 24.5. The van der Waals surface area contributed by atoms with Crippen molar-refractivity contribution in [2.75, 3.05) is 71.2 Å². The van der Waals surface area contributed by atoms with Crippen LogP contribution in [0, 0.1) is 5.92 Å². The number of hydrogen-bond donors (Lipinski definition) is 3. The van der Waals surface area contributed by atoms with Gasteiger partial charge in [0.05, 0.1) is 45.4 Å². The van der Waals surface area contributed by atoms with Crippen molar-refractivity contribution in [1.29, 1.82) is 0 Å². The standard InChI is InChI=1S/C31H46N4O7/c32-10-2-4-14-39-17-19-41-20-18-40-15-6-13-35-24-27-22-28(42-16-5-12-34-29-7-1-3-11-33-29)9-8-25(27)21-26(31(35)38)23-30(36)37/h1,3,7-9,11,22,26H,2,4-6,10,12-21,23-24,32H2,(H,33,34)(H,36,37). The molecule has 3 rings (SSSR count). The number of ether oxygens (including phenoxy) is 4. The van der Waals surface area contributed by atoms with Crippen molar-refractivity contribution < 1.29 is 33.6 Å². The number of carbonyl (C=O) groups excluding carboxylic acids is 1. The predicted molar refractivity (Wildman–Crippen MR) is 160 cm³/mol. The third-order valence-electron chi connectivity index (χ3n) is 6.85. The molecule has 0 bridgehead atoms. The monoisotopic (exact) mass is 586 g/mol. The van der Waals surface area contributed by atoms with E-state index in [0.29, 0.717) is 78.7 Å². The number of unbranched alkanes of at least 4 members (excludes halogenated alkanes) is 1. The lowest BCUT2D eigenvalue weighted by molar-refractivity contribution is -0.144. The molecule has 42 heavy (non-hydrogen) atoms. The first-order valence-corrected chi connectivity index (χ1v) is 14.9. The van der Waals surface area contributed by atoms with Gasteiger partial charge in [-0.25, -0.2) is 4.98 Å². The Balaban J connectivity index is 1.41. The molecular weight excluding hydrogens is 540 g/mol. The molecule has 1 aromatic heterocycles. The summed E-state index contributed by atoms with van der Waals surface area (Å²) in [5, 5.41) is 12.7. The predicted octanol–water partition coefficient (Wildman–Crippen LogP) is 3.12. The maximum atomic E-state index is 13.3. The molecule has 2 heterocycles. The summed E-state index contributed by atoms with van der Waals surface area (Å²) in [5.41, 5.74) is 7.43. The lowest BCUT2D eigenvalue weighted by Gasteiger charge is -2.24. The maximum Gasteiger partial charge on any atom is 0.304 e. The summed E-state index contributed by atoms with van der Waals surface area (Å²) in [5.74, 6) is -0.135. The zero-order valence-corrected chi connectivity index (χ0v) is 24.5. The molecule has 1 aromatic carbocycles. The van der Waals surface area contributed by atoms with Crippen molar-refractivity contribution in [3.63, 3.8) is 0 Å². The van der Waals surface area contributed by atoms with Gasteiger partial charge in [0.1, 0.15) is 11.6 Å². The van der Waals surface area contributed by atoms with Gasteiger partial charge >= 0.3 is 5.97 Å². The average molecular weight is 587 g/mol. The number of hydrogen-bond acceptors (Lipinski definition) is 9. The van der Waals surface area contributed by atoms with E-state index >= 15 is 0 Å². The number of carboxylic acids is 1. The van der Waals surface area contributed by atoms with Gasteiger partial charge in [-0.3, -0.25) is 9.59 Å². The van der Waals surface area contributed by atoms with Gasteiger partial charge in [0.15, 0.2) is 0 Å². The Morgan fingerprint density at radius 3 is 2.43 bits per heavy atom. The van der Waals surface area contributed by atoms with E-state index in [1.807, 2.05) is 36.4 Å². The van der Waals surface area contributed by atoms with Crippen LogP contribution in [-0.4, -0.2) is 92.7 Å². The second-order valence-electron chi connectivity index (χ2n) is 10.2. The molecule has 2 aromatic rings. The molecule has 0 fully saturated rings. The van der Waals surface area contributed by atoms with E-state index in [2.05, 4.69) is 10.3 Å². The molecule has 0 spiro atoms. The number of nitrogens with one attached hydrogen (secondary N) is 1. The number of aliphatic carboxylic acids is 1. The second kappa shape index (κ2) is 19.8. The summed E-state index contributed by atoms with van der Waals surface area (Å²) in [4.78, 5) is 30.8. The Kier molecular flexibility index (Phi) is 15.7. The molecule has 1 amide bonds. The van der Waals surface area contributed by atoms with Crippen LogP contribution in [0.5, 0.6) is 5.75 Å². The zero-order chi connectivity index (χ0) is 29.8. The lowest BCUT2D eigenvalue weighted by atomic mass is 9.94. The van der Waals surface area contributed by atoms with Gasteiger partial charge in [-0.15, -0.1) is 0 Å². The first-order valence-electron chi connectivity index (χ1n) is 14.9. The number of pyridine rings is 1. The summed E-state index contributed by atoms with van der Waals surface area (Å²) >= 11 is 0. The van der Waals surface area contributed by atoms with Gasteiger partial charge < -0.3 is 40.0 Å². The number of carboxylic acid groups (broad SMARTS) is 1. The van der Waals surface area contributed by atoms with E-state index in [1.54, 1.807) is 11.1 Å². The molecule has 1 aliphatic rings. The van der Waals surface area contributed by atoms with Crippen LogP contribution in [0.15, 0.2) is 42.6 Å². The molecule has 0 aliphatic carbocycles. The van der Waals surface area contributed by atoms with Crippen LogP contribution in [0.3, 0.4) is 0 Å². The summed E-state index contributed by atoms with van der Waals surface area (Å²) in [6, 6.07) is 11.6. The lowest BCUT2D eigenvalue weighted by Crippen LogP contribution is -2.36. The fourth-order valence-electron chi connectivity index (χ4n) is 4.69. The van der Waals surface area contributed by atoms with Crippen molar-refractivity contribution in [2.24, 2.45) is 11.7 Å². The summed E-state index contributed by atoms with van der Waals surface area (Å²) in [6.07, 6.45) is 5.32. The number of nitrogens with zero attached hydrogens (tertiary/aromatic N) is 2. The first kappa shape index (κ1) is 33.3. The third kappa shape index (κ3) is 12.7. The molecule has 0 saturated heterocycles. The number of carbonyl (C=O) groups is 2. The van der Waals surface area contributed by atoms with Crippen LogP contribution in [0.2, 0.25) is 0 Å². The van der Waals surface area contributed by atoms with Crippen LogP contribution in [-0.2, 0) is 36.8 Å². The van der Waals surface area contributed by atoms with Crippen molar-refractivity contribution in [1.82, 2.24) is 9.88 Å². The number of anilines is 1. The number of nitrogens with two attached hydrogens (primary N) is 1. The SMILES string of the molecule is NCCCCOCCOCCOCCCN1Cc2cc(OCCCNc3ccccn3)ccc2CC(CC(=O)O)C1=O. The molecule has 4 N–H and O–H groups in total. The highest BCUT2D eigenvalue weighted by Crippen LogP contribution is 2.28. The molecule has 1 aliphatic heterocycles. The second-order valence-corrected chi connectivity index (χ2v) is 10.2. The number of benzene rings is 1. The Morgan fingerprint density at radius 2 is 1.71 bits per heavy atom. The summed E-state index contributed by atoms with van der Waals surface area (Å²) < 4.78 is 22.7. The normalized spacial score (nSPS) is 14.8. The van der Waals surface area contributed by atoms with Crippen LogP contribution in [0.1, 0.15) is 43.2 Å². The minimum absolute atomic E-state index is 0.133. The fraction of sp³-hybridized carbons (Fsp3) is 0.581. The van der Waals surface area contributed by atoms with Crippen molar-refractivity contribution in [3.05, 3.63) is 53.7 Å². The van der Waals surface area contributed by atoms with E-state index in [0.717, 1.165) is 48.5 Å². The highest BCUT2D eigenvalue weighted by atomic mass is 16.5. The van der Waals surface area contributed by atoms with E-state index in [4.69, 9.17) is 24.7 Å². The van der Waals surface area contributed by atoms with Gasteiger partial charge in [0.2, 0.25) is 5.91 Å². The summed E-state index contributed by atoms with van der Waals surface area (Å²) in [6.45, 7) is 6.04. The number of amides is 1. The fourth-order valence-corrected chi connectivity index (χ4v) is 4.69. The van der Waals surface area contributed by atoms with Crippen LogP contribution >= 0.6 is 0 Å². The largest absolute Gasteiger partial charge is 0.494 e. The van der Waals surface area contributed by atoms with Crippen LogP contribution in [0.4, 0.5) is 5.82 Å². The van der Waals surface area contributed by atoms with E-state index in [1.165, 1.54) is 0 Å². The van der Waals surface area contributed by atoms with Gasteiger partial charge in [-0.2, -0.15) is 0 Å². The minimum atomic E-state index is -0.972. The Bertz CT molecular complexity index is 1060. The molecule has 0 saturated carbocycles. The molecule has 1 atom stereocenters. The molecular formula is C31H46N4O7. The Labute approximate surface area is 248 Å². The molecule has 232 valence electrons. The summed E-state index contributed by atoms with van der Waals surface area (Å²) in [7, 11) is 0. The first-order chi connectivity index (χ1) is 20.6. The Morgan fingerprint density at radius 1 is 0.952 bits per heavy atom. The number of rotatable bonds is 22. The van der Waals surface area contributed by atoms with E-state index in [-0.39, 0.29) is 12.3 Å². The van der Waals surface area contributed by atoms with Gasteiger partial charge in [0, 0.05) is 39.0 Å². The van der Waals surface area contributed by atoms with E-state index in [9.17, 15) is 14.7 Å². The highest BCUT2D eigenvalue weighted by molar-refractivity contribution is 5.84. The van der Waals surface area contributed by atoms with Crippen molar-refractivity contribution >= 4 is 17.7 Å². The average Bonchev–Trinajstić information content (AvgIpc) is 3.11. The Hall–Kier alpha value is -3.25. The molecule has 0 radical (unpaired) electrons. The molecule has 1 unspecified atom stereocenters. The number of fused-ring (bicyclic) bond motifs is 1.